The third kappa shape index (κ3) is 1.93. The monoisotopic (exact) mass is 240 g/mol. The lowest BCUT2D eigenvalue weighted by Gasteiger charge is -2.09. The molecular formula is C11H10Cl2N2. The Morgan fingerprint density at radius 1 is 1.27 bits per heavy atom. The van der Waals surface area contributed by atoms with E-state index >= 15 is 0 Å². The zero-order valence-electron chi connectivity index (χ0n) is 8.17. The molecular weight excluding hydrogens is 231 g/mol. The van der Waals surface area contributed by atoms with Crippen molar-refractivity contribution in [1.29, 1.82) is 0 Å². The van der Waals surface area contributed by atoms with Crippen LogP contribution in [0.4, 0.5) is 0 Å². The van der Waals surface area contributed by atoms with Crippen LogP contribution in [-0.2, 0) is 0 Å². The van der Waals surface area contributed by atoms with Crippen LogP contribution in [0.2, 0.25) is 10.0 Å². The van der Waals surface area contributed by atoms with Crippen molar-refractivity contribution >= 4 is 34.0 Å². The number of pyridine rings is 1. The summed E-state index contributed by atoms with van der Waals surface area (Å²) in [4.78, 5) is 4.25. The minimum absolute atomic E-state index is 0.136. The van der Waals surface area contributed by atoms with Gasteiger partial charge in [0.25, 0.3) is 0 Å². The first-order valence-corrected chi connectivity index (χ1v) is 5.34. The average Bonchev–Trinajstić information content (AvgIpc) is 2.16. The molecule has 0 radical (unpaired) electrons. The average molecular weight is 241 g/mol. The largest absolute Gasteiger partial charge is 0.323 e. The second-order valence-electron chi connectivity index (χ2n) is 3.47. The molecule has 0 saturated heterocycles. The molecule has 1 unspecified atom stereocenters. The number of hydrogen-bond donors (Lipinski definition) is 1. The van der Waals surface area contributed by atoms with E-state index in [-0.39, 0.29) is 6.04 Å². The van der Waals surface area contributed by atoms with E-state index < -0.39 is 0 Å². The van der Waals surface area contributed by atoms with Crippen LogP contribution in [0.15, 0.2) is 24.4 Å². The van der Waals surface area contributed by atoms with Gasteiger partial charge in [-0.3, -0.25) is 4.98 Å². The Hall–Kier alpha value is -0.830. The van der Waals surface area contributed by atoms with E-state index in [0.29, 0.717) is 10.0 Å². The van der Waals surface area contributed by atoms with Crippen molar-refractivity contribution in [3.63, 3.8) is 0 Å². The molecule has 78 valence electrons. The van der Waals surface area contributed by atoms with Crippen LogP contribution in [0.3, 0.4) is 0 Å². The fourth-order valence-electron chi connectivity index (χ4n) is 1.59. The van der Waals surface area contributed by atoms with Crippen LogP contribution >= 0.6 is 23.2 Å². The van der Waals surface area contributed by atoms with Crippen molar-refractivity contribution in [2.24, 2.45) is 5.73 Å². The van der Waals surface area contributed by atoms with Gasteiger partial charge in [0, 0.05) is 33.1 Å². The van der Waals surface area contributed by atoms with E-state index in [4.69, 9.17) is 28.9 Å². The highest BCUT2D eigenvalue weighted by molar-refractivity contribution is 6.38. The maximum Gasteiger partial charge on any atom is 0.0647 e. The summed E-state index contributed by atoms with van der Waals surface area (Å²) in [6, 6.07) is 5.29. The summed E-state index contributed by atoms with van der Waals surface area (Å²) in [6.07, 6.45) is 1.71. The summed E-state index contributed by atoms with van der Waals surface area (Å²) in [6.45, 7) is 1.89. The van der Waals surface area contributed by atoms with Gasteiger partial charge >= 0.3 is 0 Å². The van der Waals surface area contributed by atoms with E-state index in [9.17, 15) is 0 Å². The number of benzene rings is 1. The van der Waals surface area contributed by atoms with E-state index in [1.807, 2.05) is 19.1 Å². The van der Waals surface area contributed by atoms with E-state index in [1.165, 1.54) is 0 Å². The predicted molar refractivity (Wildman–Crippen MR) is 64.4 cm³/mol. The lowest BCUT2D eigenvalue weighted by atomic mass is 10.1. The summed E-state index contributed by atoms with van der Waals surface area (Å²) >= 11 is 12.0. The van der Waals surface area contributed by atoms with Crippen molar-refractivity contribution in [2.45, 2.75) is 13.0 Å². The third-order valence-electron chi connectivity index (χ3n) is 2.26. The molecule has 2 N–H and O–H groups in total. The summed E-state index contributed by atoms with van der Waals surface area (Å²) in [7, 11) is 0. The Balaban J connectivity index is 2.85. The number of nitrogens with two attached hydrogens (primary N) is 1. The smallest absolute Gasteiger partial charge is 0.0647 e. The first-order valence-electron chi connectivity index (χ1n) is 4.59. The van der Waals surface area contributed by atoms with Gasteiger partial charge in [0.2, 0.25) is 0 Å². The van der Waals surface area contributed by atoms with Crippen LogP contribution in [0, 0.1) is 0 Å². The van der Waals surface area contributed by atoms with Gasteiger partial charge < -0.3 is 5.73 Å². The number of aromatic nitrogens is 1. The first kappa shape index (κ1) is 10.7. The Bertz CT molecular complexity index is 509. The molecule has 0 bridgehead atoms. The first-order chi connectivity index (χ1) is 7.09. The second-order valence-corrected chi connectivity index (χ2v) is 4.31. The molecule has 0 saturated carbocycles. The molecule has 1 heterocycles. The molecule has 1 atom stereocenters. The fraction of sp³-hybridized carbons (Fsp3) is 0.182. The quantitative estimate of drug-likeness (QED) is 0.828. The van der Waals surface area contributed by atoms with Gasteiger partial charge in [-0.25, -0.2) is 0 Å². The van der Waals surface area contributed by atoms with Crippen LogP contribution in [0.5, 0.6) is 0 Å². The standard InChI is InChI=1S/C11H10Cl2N2/c1-6(14)11-9-4-7(12)5-10(13)8(9)2-3-15-11/h2-6H,14H2,1H3. The van der Waals surface area contributed by atoms with Gasteiger partial charge in [-0.2, -0.15) is 0 Å². The number of halogens is 2. The predicted octanol–water partition coefficient (Wildman–Crippen LogP) is 3.56. The fourth-order valence-corrected chi connectivity index (χ4v) is 2.15. The molecule has 1 aromatic carbocycles. The Labute approximate surface area is 98.0 Å². The topological polar surface area (TPSA) is 38.9 Å². The molecule has 0 aliphatic carbocycles. The third-order valence-corrected chi connectivity index (χ3v) is 2.79. The van der Waals surface area contributed by atoms with Gasteiger partial charge in [-0.05, 0) is 25.1 Å². The van der Waals surface area contributed by atoms with Crippen LogP contribution in [-0.4, -0.2) is 4.98 Å². The molecule has 15 heavy (non-hydrogen) atoms. The molecule has 0 aliphatic rings. The summed E-state index contributed by atoms with van der Waals surface area (Å²) in [5, 5.41) is 3.08. The van der Waals surface area contributed by atoms with Crippen molar-refractivity contribution < 1.29 is 0 Å². The molecule has 0 aliphatic heterocycles. The molecule has 0 spiro atoms. The van der Waals surface area contributed by atoms with Gasteiger partial charge in [-0.1, -0.05) is 23.2 Å². The maximum atomic E-state index is 6.09. The maximum absolute atomic E-state index is 6.09. The van der Waals surface area contributed by atoms with Crippen molar-refractivity contribution in [1.82, 2.24) is 4.98 Å². The van der Waals surface area contributed by atoms with Crippen molar-refractivity contribution in [2.75, 3.05) is 0 Å². The molecule has 2 nitrogen and oxygen atoms in total. The van der Waals surface area contributed by atoms with Crippen LogP contribution in [0.25, 0.3) is 10.8 Å². The highest BCUT2D eigenvalue weighted by Gasteiger charge is 2.09. The normalized spacial score (nSPS) is 13.1. The lowest BCUT2D eigenvalue weighted by molar-refractivity contribution is 0.791. The van der Waals surface area contributed by atoms with Crippen LogP contribution in [0.1, 0.15) is 18.7 Å². The highest BCUT2D eigenvalue weighted by atomic mass is 35.5. The molecule has 4 heteroatoms. The molecule has 2 rings (SSSR count). The van der Waals surface area contributed by atoms with Gasteiger partial charge in [-0.15, -0.1) is 0 Å². The van der Waals surface area contributed by atoms with E-state index in [0.717, 1.165) is 16.5 Å². The summed E-state index contributed by atoms with van der Waals surface area (Å²) < 4.78 is 0. The highest BCUT2D eigenvalue weighted by Crippen LogP contribution is 2.30. The molecule has 1 aromatic heterocycles. The summed E-state index contributed by atoms with van der Waals surface area (Å²) in [5.41, 5.74) is 6.65. The van der Waals surface area contributed by atoms with Gasteiger partial charge in [0.1, 0.15) is 0 Å². The number of nitrogens with zero attached hydrogens (tertiary/aromatic N) is 1. The zero-order chi connectivity index (χ0) is 11.0. The van der Waals surface area contributed by atoms with E-state index in [1.54, 1.807) is 12.3 Å². The molecule has 2 aromatic rings. The van der Waals surface area contributed by atoms with Gasteiger partial charge in [0.15, 0.2) is 0 Å². The number of rotatable bonds is 1. The second kappa shape index (κ2) is 3.97. The van der Waals surface area contributed by atoms with E-state index in [2.05, 4.69) is 4.98 Å². The SMILES string of the molecule is CC(N)c1nccc2c(Cl)cc(Cl)cc12. The molecule has 0 amide bonds. The minimum Gasteiger partial charge on any atom is -0.323 e. The minimum atomic E-state index is -0.136. The number of fused-ring (bicyclic) bond motifs is 1. The Kier molecular flexibility index (Phi) is 2.83. The Morgan fingerprint density at radius 3 is 2.67 bits per heavy atom. The van der Waals surface area contributed by atoms with Crippen molar-refractivity contribution in [3.05, 3.63) is 40.1 Å². The van der Waals surface area contributed by atoms with Crippen molar-refractivity contribution in [3.8, 4) is 0 Å². The van der Waals surface area contributed by atoms with Crippen LogP contribution < -0.4 is 5.73 Å². The van der Waals surface area contributed by atoms with Gasteiger partial charge in [0.05, 0.1) is 5.69 Å². The molecule has 0 fully saturated rings. The lowest BCUT2D eigenvalue weighted by Crippen LogP contribution is -2.07. The number of hydrogen-bond acceptors (Lipinski definition) is 2. The summed E-state index contributed by atoms with van der Waals surface area (Å²) in [5.74, 6) is 0. The Morgan fingerprint density at radius 2 is 2.00 bits per heavy atom. The zero-order valence-corrected chi connectivity index (χ0v) is 9.68.